The Labute approximate surface area is 103 Å². The standard InChI is InChI=1S/C14H21NO2/c1-3-17-14(16)10-12-15(2)11-9-13-7-5-4-6-8-13/h4-8H,3,9-12H2,1-2H3. The minimum atomic E-state index is -0.112. The first kappa shape index (κ1) is 13.7. The van der Waals surface area contributed by atoms with Crippen molar-refractivity contribution < 1.29 is 9.53 Å². The average molecular weight is 235 g/mol. The molecule has 3 nitrogen and oxygen atoms in total. The molecule has 0 aromatic heterocycles. The van der Waals surface area contributed by atoms with Gasteiger partial charge in [0.05, 0.1) is 13.0 Å². The molecule has 0 aliphatic rings. The Morgan fingerprint density at radius 1 is 1.24 bits per heavy atom. The molecule has 1 aromatic carbocycles. The van der Waals surface area contributed by atoms with E-state index < -0.39 is 0 Å². The summed E-state index contributed by atoms with van der Waals surface area (Å²) >= 11 is 0. The largest absolute Gasteiger partial charge is 0.466 e. The normalized spacial score (nSPS) is 10.5. The van der Waals surface area contributed by atoms with E-state index >= 15 is 0 Å². The van der Waals surface area contributed by atoms with Gasteiger partial charge in [0, 0.05) is 13.1 Å². The number of hydrogen-bond donors (Lipinski definition) is 0. The lowest BCUT2D eigenvalue weighted by molar-refractivity contribution is -0.143. The summed E-state index contributed by atoms with van der Waals surface area (Å²) in [6, 6.07) is 10.4. The fraction of sp³-hybridized carbons (Fsp3) is 0.500. The molecule has 1 rings (SSSR count). The molecule has 0 saturated carbocycles. The van der Waals surface area contributed by atoms with Crippen LogP contribution in [-0.2, 0) is 16.0 Å². The van der Waals surface area contributed by atoms with Gasteiger partial charge in [-0.1, -0.05) is 30.3 Å². The van der Waals surface area contributed by atoms with E-state index in [1.54, 1.807) is 0 Å². The summed E-state index contributed by atoms with van der Waals surface area (Å²) in [6.45, 7) is 4.01. The minimum Gasteiger partial charge on any atom is -0.466 e. The Morgan fingerprint density at radius 3 is 2.59 bits per heavy atom. The summed E-state index contributed by atoms with van der Waals surface area (Å²) < 4.78 is 4.89. The zero-order valence-electron chi connectivity index (χ0n) is 10.7. The SMILES string of the molecule is CCOC(=O)CCN(C)CCc1ccccc1. The maximum Gasteiger partial charge on any atom is 0.307 e. The highest BCUT2D eigenvalue weighted by atomic mass is 16.5. The highest BCUT2D eigenvalue weighted by Gasteiger charge is 2.04. The van der Waals surface area contributed by atoms with E-state index in [0.717, 1.165) is 19.5 Å². The van der Waals surface area contributed by atoms with Gasteiger partial charge in [-0.2, -0.15) is 0 Å². The van der Waals surface area contributed by atoms with Crippen molar-refractivity contribution in [2.75, 3.05) is 26.7 Å². The van der Waals surface area contributed by atoms with Crippen LogP contribution < -0.4 is 0 Å². The lowest BCUT2D eigenvalue weighted by Crippen LogP contribution is -2.24. The molecule has 0 N–H and O–H groups in total. The van der Waals surface area contributed by atoms with Crippen LogP contribution in [0.4, 0.5) is 0 Å². The second-order valence-corrected chi connectivity index (χ2v) is 4.09. The fourth-order valence-corrected chi connectivity index (χ4v) is 1.59. The predicted octanol–water partition coefficient (Wildman–Crippen LogP) is 2.11. The van der Waals surface area contributed by atoms with Crippen LogP contribution in [0.3, 0.4) is 0 Å². The number of hydrogen-bond acceptors (Lipinski definition) is 3. The van der Waals surface area contributed by atoms with Gasteiger partial charge in [-0.3, -0.25) is 4.79 Å². The minimum absolute atomic E-state index is 0.112. The highest BCUT2D eigenvalue weighted by molar-refractivity contribution is 5.69. The first-order chi connectivity index (χ1) is 8.22. The molecule has 0 fully saturated rings. The van der Waals surface area contributed by atoms with Crippen molar-refractivity contribution in [2.24, 2.45) is 0 Å². The summed E-state index contributed by atoms with van der Waals surface area (Å²) in [7, 11) is 2.03. The number of esters is 1. The number of carbonyl (C=O) groups excluding carboxylic acids is 1. The van der Waals surface area contributed by atoms with E-state index in [4.69, 9.17) is 4.74 Å². The maximum atomic E-state index is 11.2. The van der Waals surface area contributed by atoms with Gasteiger partial charge in [-0.25, -0.2) is 0 Å². The average Bonchev–Trinajstić information content (AvgIpc) is 2.35. The fourth-order valence-electron chi connectivity index (χ4n) is 1.59. The van der Waals surface area contributed by atoms with E-state index in [1.165, 1.54) is 5.56 Å². The van der Waals surface area contributed by atoms with Crippen molar-refractivity contribution in [1.82, 2.24) is 4.90 Å². The Morgan fingerprint density at radius 2 is 1.94 bits per heavy atom. The topological polar surface area (TPSA) is 29.5 Å². The van der Waals surface area contributed by atoms with Crippen LogP contribution in [0.5, 0.6) is 0 Å². The smallest absolute Gasteiger partial charge is 0.307 e. The van der Waals surface area contributed by atoms with Gasteiger partial charge in [0.2, 0.25) is 0 Å². The van der Waals surface area contributed by atoms with Crippen molar-refractivity contribution in [1.29, 1.82) is 0 Å². The van der Waals surface area contributed by atoms with Crippen molar-refractivity contribution in [3.63, 3.8) is 0 Å². The van der Waals surface area contributed by atoms with Gasteiger partial charge in [0.15, 0.2) is 0 Å². The number of nitrogens with zero attached hydrogens (tertiary/aromatic N) is 1. The molecule has 0 amide bonds. The second-order valence-electron chi connectivity index (χ2n) is 4.09. The number of carbonyl (C=O) groups is 1. The van der Waals surface area contributed by atoms with Gasteiger partial charge < -0.3 is 9.64 Å². The quantitative estimate of drug-likeness (QED) is 0.678. The van der Waals surface area contributed by atoms with Crippen LogP contribution in [0.25, 0.3) is 0 Å². The van der Waals surface area contributed by atoms with Crippen LogP contribution in [0.2, 0.25) is 0 Å². The monoisotopic (exact) mass is 235 g/mol. The summed E-state index contributed by atoms with van der Waals surface area (Å²) in [5.41, 5.74) is 1.33. The van der Waals surface area contributed by atoms with Gasteiger partial charge in [-0.15, -0.1) is 0 Å². The molecular formula is C14H21NO2. The van der Waals surface area contributed by atoms with E-state index in [0.29, 0.717) is 13.0 Å². The summed E-state index contributed by atoms with van der Waals surface area (Å²) in [4.78, 5) is 13.3. The van der Waals surface area contributed by atoms with Crippen molar-refractivity contribution in [3.8, 4) is 0 Å². The van der Waals surface area contributed by atoms with Gasteiger partial charge in [0.25, 0.3) is 0 Å². The summed E-state index contributed by atoms with van der Waals surface area (Å²) in [5.74, 6) is -0.112. The molecule has 17 heavy (non-hydrogen) atoms. The third-order valence-electron chi connectivity index (χ3n) is 2.63. The molecule has 0 saturated heterocycles. The third-order valence-corrected chi connectivity index (χ3v) is 2.63. The Bertz CT molecular complexity index is 324. The zero-order chi connectivity index (χ0) is 12.5. The first-order valence-electron chi connectivity index (χ1n) is 6.10. The number of ether oxygens (including phenoxy) is 1. The molecule has 0 aliphatic carbocycles. The molecule has 1 aromatic rings. The van der Waals surface area contributed by atoms with Gasteiger partial charge >= 0.3 is 5.97 Å². The highest BCUT2D eigenvalue weighted by Crippen LogP contribution is 2.01. The van der Waals surface area contributed by atoms with E-state index in [1.807, 2.05) is 32.2 Å². The number of benzene rings is 1. The molecule has 0 radical (unpaired) electrons. The molecule has 0 atom stereocenters. The Balaban J connectivity index is 2.17. The van der Waals surface area contributed by atoms with Crippen LogP contribution in [0.15, 0.2) is 30.3 Å². The first-order valence-corrected chi connectivity index (χ1v) is 6.10. The molecular weight excluding hydrogens is 214 g/mol. The molecule has 0 spiro atoms. The van der Waals surface area contributed by atoms with E-state index in [2.05, 4.69) is 17.0 Å². The van der Waals surface area contributed by atoms with Gasteiger partial charge in [-0.05, 0) is 26.0 Å². The number of rotatable bonds is 7. The zero-order valence-corrected chi connectivity index (χ0v) is 10.7. The second kappa shape index (κ2) is 7.85. The summed E-state index contributed by atoms with van der Waals surface area (Å²) in [5, 5.41) is 0. The molecule has 0 aliphatic heterocycles. The molecule has 3 heteroatoms. The van der Waals surface area contributed by atoms with E-state index in [-0.39, 0.29) is 5.97 Å². The van der Waals surface area contributed by atoms with Crippen LogP contribution in [0.1, 0.15) is 18.9 Å². The van der Waals surface area contributed by atoms with Crippen molar-refractivity contribution >= 4 is 5.97 Å². The Hall–Kier alpha value is -1.35. The number of likely N-dealkylation sites (N-methyl/N-ethyl adjacent to an activating group) is 1. The molecule has 0 bridgehead atoms. The predicted molar refractivity (Wildman–Crippen MR) is 68.9 cm³/mol. The van der Waals surface area contributed by atoms with Gasteiger partial charge in [0.1, 0.15) is 0 Å². The van der Waals surface area contributed by atoms with Crippen LogP contribution in [-0.4, -0.2) is 37.6 Å². The van der Waals surface area contributed by atoms with Crippen LogP contribution >= 0.6 is 0 Å². The van der Waals surface area contributed by atoms with Crippen LogP contribution in [0, 0.1) is 0 Å². The molecule has 0 heterocycles. The maximum absolute atomic E-state index is 11.2. The Kier molecular flexibility index (Phi) is 6.33. The lowest BCUT2D eigenvalue weighted by atomic mass is 10.1. The molecule has 0 unspecified atom stereocenters. The lowest BCUT2D eigenvalue weighted by Gasteiger charge is -2.15. The molecule has 94 valence electrons. The summed E-state index contributed by atoms with van der Waals surface area (Å²) in [6.07, 6.45) is 1.49. The third kappa shape index (κ3) is 6.07. The van der Waals surface area contributed by atoms with E-state index in [9.17, 15) is 4.79 Å². The van der Waals surface area contributed by atoms with Crippen molar-refractivity contribution in [3.05, 3.63) is 35.9 Å². The van der Waals surface area contributed by atoms with Crippen molar-refractivity contribution in [2.45, 2.75) is 19.8 Å².